The molecule has 0 radical (unpaired) electrons. The molecular weight excluding hydrogens is 318 g/mol. The Morgan fingerprint density at radius 3 is 1.43 bits per heavy atom. The second kappa shape index (κ2) is 4.28. The number of benzene rings is 2. The van der Waals surface area contributed by atoms with Crippen molar-refractivity contribution in [2.75, 3.05) is 0 Å². The van der Waals surface area contributed by atoms with Gasteiger partial charge in [0.05, 0.1) is 9.79 Å². The standard InChI is InChI=1S/C12H9NO6S2/c14-20(15,16)7-1-3-11-9(5-7)10-6-8(21(17,18)19)2-4-12(10)13-11/h1-6,13H,(H,14,15,16)(H,17,18,19). The Morgan fingerprint density at radius 1 is 0.714 bits per heavy atom. The van der Waals surface area contributed by atoms with Crippen LogP contribution in [0.4, 0.5) is 0 Å². The Labute approximate surface area is 119 Å². The summed E-state index contributed by atoms with van der Waals surface area (Å²) in [5, 5.41) is 0.844. The minimum Gasteiger partial charge on any atom is -0.355 e. The number of rotatable bonds is 2. The van der Waals surface area contributed by atoms with Crippen LogP contribution < -0.4 is 0 Å². The van der Waals surface area contributed by atoms with Crippen molar-refractivity contribution in [1.82, 2.24) is 4.98 Å². The smallest absolute Gasteiger partial charge is 0.294 e. The van der Waals surface area contributed by atoms with Crippen LogP contribution in [0.3, 0.4) is 0 Å². The summed E-state index contributed by atoms with van der Waals surface area (Å²) in [6.07, 6.45) is 0. The summed E-state index contributed by atoms with van der Waals surface area (Å²) in [4.78, 5) is 2.39. The quantitative estimate of drug-likeness (QED) is 0.617. The van der Waals surface area contributed by atoms with Crippen LogP contribution in [0.5, 0.6) is 0 Å². The van der Waals surface area contributed by atoms with Crippen LogP contribution >= 0.6 is 0 Å². The van der Waals surface area contributed by atoms with E-state index in [-0.39, 0.29) is 9.79 Å². The van der Waals surface area contributed by atoms with E-state index in [0.717, 1.165) is 0 Å². The molecule has 0 bridgehead atoms. The van der Waals surface area contributed by atoms with E-state index in [0.29, 0.717) is 21.8 Å². The molecule has 21 heavy (non-hydrogen) atoms. The maximum absolute atomic E-state index is 11.2. The van der Waals surface area contributed by atoms with Crippen LogP contribution in [-0.4, -0.2) is 30.9 Å². The fraction of sp³-hybridized carbons (Fsp3) is 0. The Kier molecular flexibility index (Phi) is 2.85. The zero-order chi connectivity index (χ0) is 15.4. The highest BCUT2D eigenvalue weighted by molar-refractivity contribution is 7.86. The first-order valence-electron chi connectivity index (χ1n) is 5.67. The van der Waals surface area contributed by atoms with Crippen LogP contribution in [0.25, 0.3) is 21.8 Å². The van der Waals surface area contributed by atoms with Crippen molar-refractivity contribution in [1.29, 1.82) is 0 Å². The normalized spacial score (nSPS) is 13.0. The van der Waals surface area contributed by atoms with E-state index in [1.165, 1.54) is 36.4 Å². The van der Waals surface area contributed by atoms with Crippen molar-refractivity contribution >= 4 is 42.0 Å². The van der Waals surface area contributed by atoms with Crippen LogP contribution in [-0.2, 0) is 20.2 Å². The Balaban J connectivity index is 2.42. The minimum atomic E-state index is -4.36. The van der Waals surface area contributed by atoms with Crippen molar-refractivity contribution in [3.63, 3.8) is 0 Å². The van der Waals surface area contributed by atoms with Gasteiger partial charge in [-0.25, -0.2) is 0 Å². The van der Waals surface area contributed by atoms with Crippen molar-refractivity contribution < 1.29 is 25.9 Å². The maximum atomic E-state index is 11.2. The van der Waals surface area contributed by atoms with E-state index < -0.39 is 20.2 Å². The van der Waals surface area contributed by atoms with Crippen molar-refractivity contribution in [3.05, 3.63) is 36.4 Å². The first-order chi connectivity index (χ1) is 9.66. The molecule has 7 nitrogen and oxygen atoms in total. The van der Waals surface area contributed by atoms with E-state index in [1.54, 1.807) is 0 Å². The second-order valence-electron chi connectivity index (χ2n) is 4.49. The van der Waals surface area contributed by atoms with Gasteiger partial charge in [-0.15, -0.1) is 0 Å². The van der Waals surface area contributed by atoms with Crippen LogP contribution in [0.1, 0.15) is 0 Å². The summed E-state index contributed by atoms with van der Waals surface area (Å²) >= 11 is 0. The molecule has 1 aromatic heterocycles. The number of fused-ring (bicyclic) bond motifs is 3. The van der Waals surface area contributed by atoms with Gasteiger partial charge in [-0.3, -0.25) is 9.11 Å². The molecule has 110 valence electrons. The number of nitrogens with one attached hydrogen (secondary N) is 1. The third-order valence-corrected chi connectivity index (χ3v) is 4.84. The fourth-order valence-corrected chi connectivity index (χ4v) is 3.19. The molecule has 0 spiro atoms. The predicted octanol–water partition coefficient (Wildman–Crippen LogP) is 1.81. The van der Waals surface area contributed by atoms with Gasteiger partial charge < -0.3 is 4.98 Å². The lowest BCUT2D eigenvalue weighted by Crippen LogP contribution is -1.97. The van der Waals surface area contributed by atoms with E-state index in [1.807, 2.05) is 0 Å². The molecule has 3 aromatic rings. The minimum absolute atomic E-state index is 0.298. The molecule has 0 unspecified atom stereocenters. The second-order valence-corrected chi connectivity index (χ2v) is 7.33. The van der Waals surface area contributed by atoms with E-state index >= 15 is 0 Å². The molecule has 9 heteroatoms. The number of H-pyrrole nitrogens is 1. The molecule has 2 aromatic carbocycles. The topological polar surface area (TPSA) is 125 Å². The molecule has 3 rings (SSSR count). The Hall–Kier alpha value is -1.94. The van der Waals surface area contributed by atoms with E-state index in [4.69, 9.17) is 9.11 Å². The average Bonchev–Trinajstić information content (AvgIpc) is 2.73. The van der Waals surface area contributed by atoms with Gasteiger partial charge in [0.15, 0.2) is 0 Å². The molecule has 0 aliphatic rings. The summed E-state index contributed by atoms with van der Waals surface area (Å²) in [6.45, 7) is 0. The number of hydrogen-bond acceptors (Lipinski definition) is 4. The van der Waals surface area contributed by atoms with Gasteiger partial charge in [0.2, 0.25) is 0 Å². The zero-order valence-electron chi connectivity index (χ0n) is 10.3. The van der Waals surface area contributed by atoms with Crippen molar-refractivity contribution in [2.24, 2.45) is 0 Å². The Morgan fingerprint density at radius 2 is 1.10 bits per heavy atom. The molecular formula is C12H9NO6S2. The number of aromatic amines is 1. The van der Waals surface area contributed by atoms with Crippen LogP contribution in [0.15, 0.2) is 46.2 Å². The molecule has 0 amide bonds. The lowest BCUT2D eigenvalue weighted by molar-refractivity contribution is 0.481. The van der Waals surface area contributed by atoms with Gasteiger partial charge >= 0.3 is 0 Å². The SMILES string of the molecule is O=S(=O)(O)c1ccc2[nH]c3ccc(S(=O)(=O)O)cc3c2c1. The van der Waals surface area contributed by atoms with Crippen LogP contribution in [0.2, 0.25) is 0 Å². The fourth-order valence-electron chi connectivity index (χ4n) is 2.18. The zero-order valence-corrected chi connectivity index (χ0v) is 11.9. The van der Waals surface area contributed by atoms with Gasteiger partial charge in [-0.05, 0) is 36.4 Å². The number of aromatic nitrogens is 1. The summed E-state index contributed by atoms with van der Waals surface area (Å²) in [5.41, 5.74) is 1.15. The third-order valence-electron chi connectivity index (χ3n) is 3.14. The van der Waals surface area contributed by atoms with E-state index in [9.17, 15) is 16.8 Å². The molecule has 0 saturated heterocycles. The van der Waals surface area contributed by atoms with Gasteiger partial charge in [0.25, 0.3) is 20.2 Å². The molecule has 3 N–H and O–H groups in total. The molecule has 1 heterocycles. The molecule has 0 saturated carbocycles. The Bertz CT molecular complexity index is 993. The highest BCUT2D eigenvalue weighted by atomic mass is 32.2. The molecule has 0 fully saturated rings. The first-order valence-corrected chi connectivity index (χ1v) is 8.55. The summed E-state index contributed by atoms with van der Waals surface area (Å²) in [6, 6.07) is 7.86. The molecule has 0 aliphatic heterocycles. The molecule has 0 aliphatic carbocycles. The summed E-state index contributed by atoms with van der Waals surface area (Å²) < 4.78 is 62.8. The summed E-state index contributed by atoms with van der Waals surface area (Å²) in [7, 11) is -8.72. The van der Waals surface area contributed by atoms with Gasteiger partial charge in [0.1, 0.15) is 0 Å². The van der Waals surface area contributed by atoms with Crippen molar-refractivity contribution in [2.45, 2.75) is 9.79 Å². The van der Waals surface area contributed by atoms with Crippen LogP contribution in [0, 0.1) is 0 Å². The molecule has 0 atom stereocenters. The number of hydrogen-bond donors (Lipinski definition) is 3. The summed E-state index contributed by atoms with van der Waals surface area (Å²) in [5.74, 6) is 0. The lowest BCUT2D eigenvalue weighted by atomic mass is 10.1. The maximum Gasteiger partial charge on any atom is 0.294 e. The largest absolute Gasteiger partial charge is 0.355 e. The van der Waals surface area contributed by atoms with Gasteiger partial charge in [-0.1, -0.05) is 0 Å². The lowest BCUT2D eigenvalue weighted by Gasteiger charge is -1.99. The highest BCUT2D eigenvalue weighted by Gasteiger charge is 2.15. The first kappa shape index (κ1) is 14.0. The highest BCUT2D eigenvalue weighted by Crippen LogP contribution is 2.29. The average molecular weight is 327 g/mol. The van der Waals surface area contributed by atoms with Gasteiger partial charge in [-0.2, -0.15) is 16.8 Å². The third kappa shape index (κ3) is 2.40. The van der Waals surface area contributed by atoms with Crippen molar-refractivity contribution in [3.8, 4) is 0 Å². The monoisotopic (exact) mass is 327 g/mol. The van der Waals surface area contributed by atoms with E-state index in [2.05, 4.69) is 4.98 Å². The predicted molar refractivity (Wildman–Crippen MR) is 75.4 cm³/mol. The van der Waals surface area contributed by atoms with Gasteiger partial charge in [0, 0.05) is 21.8 Å².